The average molecular weight is 288 g/mol. The molecule has 1 aliphatic rings. The second-order valence-corrected chi connectivity index (χ2v) is 5.97. The highest BCUT2D eigenvalue weighted by Gasteiger charge is 2.26. The van der Waals surface area contributed by atoms with Crippen molar-refractivity contribution < 1.29 is 19.5 Å². The molecule has 2 atom stereocenters. The molecule has 108 valence electrons. The summed E-state index contributed by atoms with van der Waals surface area (Å²) in [6.45, 7) is 4.63. The van der Waals surface area contributed by atoms with Gasteiger partial charge in [0, 0.05) is 25.8 Å². The van der Waals surface area contributed by atoms with Crippen LogP contribution in [-0.4, -0.2) is 57.9 Å². The minimum absolute atomic E-state index is 0.0504. The molecule has 7 heteroatoms. The molecule has 1 heterocycles. The fraction of sp³-hybridized carbons (Fsp3) is 0.750. The lowest BCUT2D eigenvalue weighted by Gasteiger charge is -2.21. The van der Waals surface area contributed by atoms with Gasteiger partial charge in [-0.05, 0) is 19.8 Å². The van der Waals surface area contributed by atoms with Crippen LogP contribution in [0, 0.1) is 0 Å². The van der Waals surface area contributed by atoms with E-state index in [0.717, 1.165) is 25.9 Å². The summed E-state index contributed by atoms with van der Waals surface area (Å²) in [6, 6.07) is -0.948. The molecule has 0 aliphatic carbocycles. The van der Waals surface area contributed by atoms with Crippen LogP contribution < -0.4 is 5.32 Å². The van der Waals surface area contributed by atoms with E-state index in [1.54, 1.807) is 6.92 Å². The van der Waals surface area contributed by atoms with E-state index < -0.39 is 12.0 Å². The summed E-state index contributed by atoms with van der Waals surface area (Å²) in [4.78, 5) is 35.7. The van der Waals surface area contributed by atoms with Crippen molar-refractivity contribution >= 4 is 29.5 Å². The first-order chi connectivity index (χ1) is 8.91. The van der Waals surface area contributed by atoms with Crippen LogP contribution in [0.1, 0.15) is 26.7 Å². The number of hydrogen-bond donors (Lipinski definition) is 2. The third-order valence-corrected chi connectivity index (χ3v) is 4.18. The van der Waals surface area contributed by atoms with E-state index in [1.807, 2.05) is 4.90 Å². The molecule has 0 aromatic rings. The molecule has 1 rings (SSSR count). The lowest BCUT2D eigenvalue weighted by molar-refractivity contribution is -0.140. The Bertz CT molecular complexity index is 356. The van der Waals surface area contributed by atoms with Gasteiger partial charge in [0.2, 0.25) is 11.8 Å². The molecule has 1 saturated heterocycles. The van der Waals surface area contributed by atoms with Crippen LogP contribution in [0.2, 0.25) is 0 Å². The number of nitrogens with one attached hydrogen (secondary N) is 1. The van der Waals surface area contributed by atoms with E-state index in [4.69, 9.17) is 5.11 Å². The Balaban J connectivity index is 2.42. The number of aliphatic carboxylic acids is 1. The molecule has 0 bridgehead atoms. The maximum Gasteiger partial charge on any atom is 0.327 e. The molecule has 0 spiro atoms. The first kappa shape index (κ1) is 15.8. The quantitative estimate of drug-likeness (QED) is 0.735. The molecular weight excluding hydrogens is 268 g/mol. The standard InChI is InChI=1S/C12H20N2O4S/c1-8(11(16)14-5-3-4-6-14)19-7-10(12(17)18)13-9(2)15/h8,10H,3-7H2,1-2H3,(H,13,15)(H,17,18). The summed E-state index contributed by atoms with van der Waals surface area (Å²) in [5.74, 6) is -1.22. The zero-order valence-corrected chi connectivity index (χ0v) is 12.0. The maximum absolute atomic E-state index is 12.0. The van der Waals surface area contributed by atoms with E-state index in [-0.39, 0.29) is 22.8 Å². The topological polar surface area (TPSA) is 86.7 Å². The van der Waals surface area contributed by atoms with Crippen LogP contribution in [0.25, 0.3) is 0 Å². The number of amides is 2. The molecule has 0 radical (unpaired) electrons. The number of carboxylic acids is 1. The lowest BCUT2D eigenvalue weighted by atomic mass is 10.3. The predicted molar refractivity (Wildman–Crippen MR) is 73.0 cm³/mol. The fourth-order valence-electron chi connectivity index (χ4n) is 1.93. The van der Waals surface area contributed by atoms with Crippen molar-refractivity contribution in [3.05, 3.63) is 0 Å². The monoisotopic (exact) mass is 288 g/mol. The van der Waals surface area contributed by atoms with Crippen molar-refractivity contribution in [2.45, 2.75) is 38.0 Å². The van der Waals surface area contributed by atoms with E-state index >= 15 is 0 Å². The molecule has 2 unspecified atom stereocenters. The minimum Gasteiger partial charge on any atom is -0.480 e. The van der Waals surface area contributed by atoms with Crippen LogP contribution in [0.15, 0.2) is 0 Å². The Hall–Kier alpha value is -1.24. The number of carboxylic acid groups (broad SMARTS) is 1. The number of carbonyl (C=O) groups is 3. The van der Waals surface area contributed by atoms with Crippen molar-refractivity contribution in [3.63, 3.8) is 0 Å². The van der Waals surface area contributed by atoms with Gasteiger partial charge in [-0.3, -0.25) is 9.59 Å². The highest BCUT2D eigenvalue weighted by molar-refractivity contribution is 8.00. The Morgan fingerprint density at radius 2 is 1.89 bits per heavy atom. The summed E-state index contributed by atoms with van der Waals surface area (Å²) >= 11 is 1.26. The van der Waals surface area contributed by atoms with E-state index in [1.165, 1.54) is 18.7 Å². The lowest BCUT2D eigenvalue weighted by Crippen LogP contribution is -2.42. The highest BCUT2D eigenvalue weighted by atomic mass is 32.2. The molecule has 6 nitrogen and oxygen atoms in total. The molecule has 2 N–H and O–H groups in total. The Morgan fingerprint density at radius 1 is 1.32 bits per heavy atom. The first-order valence-electron chi connectivity index (χ1n) is 6.32. The smallest absolute Gasteiger partial charge is 0.327 e. The molecule has 0 aromatic heterocycles. The number of thioether (sulfide) groups is 1. The number of nitrogens with zero attached hydrogens (tertiary/aromatic N) is 1. The number of carbonyl (C=O) groups excluding carboxylic acids is 2. The van der Waals surface area contributed by atoms with Crippen LogP contribution in [0.4, 0.5) is 0 Å². The molecule has 1 fully saturated rings. The van der Waals surface area contributed by atoms with Crippen LogP contribution >= 0.6 is 11.8 Å². The maximum atomic E-state index is 12.0. The summed E-state index contributed by atoms with van der Waals surface area (Å²) in [5, 5.41) is 11.0. The van der Waals surface area contributed by atoms with Crippen molar-refractivity contribution in [1.29, 1.82) is 0 Å². The summed E-state index contributed by atoms with van der Waals surface area (Å²) in [6.07, 6.45) is 2.07. The second-order valence-electron chi connectivity index (χ2n) is 4.60. The Morgan fingerprint density at radius 3 is 2.37 bits per heavy atom. The molecule has 2 amide bonds. The van der Waals surface area contributed by atoms with Crippen molar-refractivity contribution in [1.82, 2.24) is 10.2 Å². The average Bonchev–Trinajstić information content (AvgIpc) is 2.85. The van der Waals surface area contributed by atoms with Gasteiger partial charge in [-0.25, -0.2) is 4.79 Å². The number of hydrogen-bond acceptors (Lipinski definition) is 4. The minimum atomic E-state index is -1.08. The Kier molecular flexibility index (Phi) is 6.14. The van der Waals surface area contributed by atoms with Crippen molar-refractivity contribution in [2.24, 2.45) is 0 Å². The second kappa shape index (κ2) is 7.37. The SMILES string of the molecule is CC(=O)NC(CSC(C)C(=O)N1CCCC1)C(=O)O. The fourth-order valence-corrected chi connectivity index (χ4v) is 2.93. The number of likely N-dealkylation sites (tertiary alicyclic amines) is 1. The van der Waals surface area contributed by atoms with Crippen molar-refractivity contribution in [2.75, 3.05) is 18.8 Å². The largest absolute Gasteiger partial charge is 0.480 e. The van der Waals surface area contributed by atoms with Gasteiger partial charge in [-0.2, -0.15) is 0 Å². The molecule has 0 saturated carbocycles. The van der Waals surface area contributed by atoms with Crippen LogP contribution in [-0.2, 0) is 14.4 Å². The van der Waals surface area contributed by atoms with Gasteiger partial charge < -0.3 is 15.3 Å². The van der Waals surface area contributed by atoms with Gasteiger partial charge in [-0.1, -0.05) is 0 Å². The van der Waals surface area contributed by atoms with E-state index in [2.05, 4.69) is 5.32 Å². The zero-order valence-electron chi connectivity index (χ0n) is 11.2. The van der Waals surface area contributed by atoms with E-state index in [9.17, 15) is 14.4 Å². The van der Waals surface area contributed by atoms with Gasteiger partial charge in [-0.15, -0.1) is 11.8 Å². The van der Waals surface area contributed by atoms with Gasteiger partial charge in [0.1, 0.15) is 6.04 Å². The molecule has 0 aromatic carbocycles. The van der Waals surface area contributed by atoms with Crippen LogP contribution in [0.5, 0.6) is 0 Å². The molecule has 1 aliphatic heterocycles. The van der Waals surface area contributed by atoms with Gasteiger partial charge in [0.05, 0.1) is 5.25 Å². The summed E-state index contributed by atoms with van der Waals surface area (Å²) in [7, 11) is 0. The van der Waals surface area contributed by atoms with Crippen LogP contribution in [0.3, 0.4) is 0 Å². The normalized spacial score (nSPS) is 17.9. The zero-order chi connectivity index (χ0) is 14.4. The first-order valence-corrected chi connectivity index (χ1v) is 7.37. The Labute approximate surface area is 116 Å². The predicted octanol–water partition coefficient (Wildman–Crippen LogP) is 0.320. The third kappa shape index (κ3) is 5.10. The van der Waals surface area contributed by atoms with Crippen molar-refractivity contribution in [3.8, 4) is 0 Å². The van der Waals surface area contributed by atoms with Gasteiger partial charge in [0.15, 0.2) is 0 Å². The summed E-state index contributed by atoms with van der Waals surface area (Å²) < 4.78 is 0. The number of rotatable bonds is 6. The van der Waals surface area contributed by atoms with Gasteiger partial charge in [0.25, 0.3) is 0 Å². The summed E-state index contributed by atoms with van der Waals surface area (Å²) in [5.41, 5.74) is 0. The van der Waals surface area contributed by atoms with E-state index in [0.29, 0.717) is 0 Å². The molecule has 19 heavy (non-hydrogen) atoms. The molecular formula is C12H20N2O4S. The van der Waals surface area contributed by atoms with Gasteiger partial charge >= 0.3 is 5.97 Å². The highest BCUT2D eigenvalue weighted by Crippen LogP contribution is 2.18. The third-order valence-electron chi connectivity index (χ3n) is 2.95.